The molecule has 22 heavy (non-hydrogen) atoms. The summed E-state index contributed by atoms with van der Waals surface area (Å²) in [5, 5.41) is 3.24. The molecule has 1 N–H and O–H groups in total. The molecule has 122 valence electrons. The molecule has 1 atom stereocenters. The van der Waals surface area contributed by atoms with Gasteiger partial charge in [-0.3, -0.25) is 10.1 Å². The molecular formula is C16H22ClFN2OS. The van der Waals surface area contributed by atoms with Crippen molar-refractivity contribution in [3.8, 4) is 0 Å². The maximum Gasteiger partial charge on any atom is 0.240 e. The number of carbonyl (C=O) groups excluding carboxylic acids is 1. The van der Waals surface area contributed by atoms with Crippen LogP contribution in [-0.4, -0.2) is 41.6 Å². The highest BCUT2D eigenvalue weighted by Gasteiger charge is 2.30. The van der Waals surface area contributed by atoms with Crippen LogP contribution in [0.2, 0.25) is 0 Å². The molecule has 1 aromatic rings. The van der Waals surface area contributed by atoms with Gasteiger partial charge in [0.15, 0.2) is 0 Å². The number of halogens is 2. The quantitative estimate of drug-likeness (QED) is 0.915. The van der Waals surface area contributed by atoms with E-state index in [9.17, 15) is 9.18 Å². The fourth-order valence-corrected chi connectivity index (χ4v) is 4.06. The number of hydrogen-bond donors (Lipinski definition) is 1. The third-order valence-corrected chi connectivity index (χ3v) is 5.29. The zero-order valence-electron chi connectivity index (χ0n) is 12.5. The van der Waals surface area contributed by atoms with Gasteiger partial charge in [0.05, 0.1) is 6.04 Å². The van der Waals surface area contributed by atoms with Crippen molar-refractivity contribution >= 4 is 30.1 Å². The van der Waals surface area contributed by atoms with Gasteiger partial charge in [-0.05, 0) is 42.9 Å². The number of hydrogen-bond acceptors (Lipinski definition) is 3. The molecule has 0 aliphatic carbocycles. The van der Waals surface area contributed by atoms with Gasteiger partial charge < -0.3 is 4.90 Å². The van der Waals surface area contributed by atoms with E-state index in [4.69, 9.17) is 0 Å². The summed E-state index contributed by atoms with van der Waals surface area (Å²) in [6, 6.07) is 6.87. The molecule has 1 aromatic carbocycles. The minimum Gasteiger partial charge on any atom is -0.341 e. The van der Waals surface area contributed by atoms with Crippen LogP contribution < -0.4 is 5.32 Å². The Morgan fingerprint density at radius 2 is 2.14 bits per heavy atom. The average molecular weight is 345 g/mol. The Kier molecular flexibility index (Phi) is 6.53. The number of likely N-dealkylation sites (tertiary alicyclic amines) is 1. The fraction of sp³-hybridized carbons (Fsp3) is 0.562. The van der Waals surface area contributed by atoms with E-state index in [0.717, 1.165) is 49.5 Å². The first-order chi connectivity index (χ1) is 10.2. The third-order valence-electron chi connectivity index (χ3n) is 4.35. The molecule has 1 amide bonds. The smallest absolute Gasteiger partial charge is 0.240 e. The summed E-state index contributed by atoms with van der Waals surface area (Å²) in [6.07, 6.45) is 2.95. The first-order valence-electron chi connectivity index (χ1n) is 7.57. The second-order valence-corrected chi connectivity index (χ2v) is 6.90. The van der Waals surface area contributed by atoms with Gasteiger partial charge in [-0.15, -0.1) is 24.2 Å². The number of nitrogens with one attached hydrogen (secondary N) is 1. The van der Waals surface area contributed by atoms with E-state index in [-0.39, 0.29) is 30.2 Å². The van der Waals surface area contributed by atoms with Gasteiger partial charge in [0.2, 0.25) is 5.91 Å². The Labute approximate surface area is 141 Å². The lowest BCUT2D eigenvalue weighted by Gasteiger charge is -2.33. The standard InChI is InChI=1S/C16H21FN2OS.ClH/c17-14-3-1-2-13(9-14)8-12-4-6-19(7-5-12)16(20)15-10-21-11-18-15;/h1-3,9,12,15,18H,4-8,10-11H2;1H. The van der Waals surface area contributed by atoms with Gasteiger partial charge in [0.1, 0.15) is 5.82 Å². The number of rotatable bonds is 3. The topological polar surface area (TPSA) is 32.3 Å². The van der Waals surface area contributed by atoms with E-state index in [1.165, 1.54) is 6.07 Å². The Morgan fingerprint density at radius 1 is 1.36 bits per heavy atom. The van der Waals surface area contributed by atoms with Crippen LogP contribution in [0.3, 0.4) is 0 Å². The van der Waals surface area contributed by atoms with Crippen LogP contribution in [0.1, 0.15) is 18.4 Å². The Morgan fingerprint density at radius 3 is 2.77 bits per heavy atom. The van der Waals surface area contributed by atoms with Crippen LogP contribution in [0, 0.1) is 11.7 Å². The molecular weight excluding hydrogens is 323 g/mol. The van der Waals surface area contributed by atoms with E-state index >= 15 is 0 Å². The van der Waals surface area contributed by atoms with Gasteiger partial charge in [0, 0.05) is 24.7 Å². The van der Waals surface area contributed by atoms with Gasteiger partial charge in [-0.1, -0.05) is 12.1 Å². The highest BCUT2D eigenvalue weighted by Crippen LogP contribution is 2.23. The Balaban J connectivity index is 0.00000176. The molecule has 2 aliphatic rings. The number of nitrogens with zero attached hydrogens (tertiary/aromatic N) is 1. The maximum atomic E-state index is 13.2. The highest BCUT2D eigenvalue weighted by atomic mass is 35.5. The van der Waals surface area contributed by atoms with E-state index < -0.39 is 0 Å². The summed E-state index contributed by atoms with van der Waals surface area (Å²) in [4.78, 5) is 14.3. The van der Waals surface area contributed by atoms with Crippen LogP contribution >= 0.6 is 24.2 Å². The van der Waals surface area contributed by atoms with Crippen molar-refractivity contribution in [1.29, 1.82) is 0 Å². The molecule has 2 aliphatic heterocycles. The zero-order valence-corrected chi connectivity index (χ0v) is 14.1. The number of carbonyl (C=O) groups is 1. The third kappa shape index (κ3) is 4.37. The summed E-state index contributed by atoms with van der Waals surface area (Å²) >= 11 is 1.78. The van der Waals surface area contributed by atoms with Crippen LogP contribution in [0.15, 0.2) is 24.3 Å². The molecule has 0 radical (unpaired) electrons. The number of benzene rings is 1. The number of amides is 1. The van der Waals surface area contributed by atoms with E-state index in [0.29, 0.717) is 5.92 Å². The number of thioether (sulfide) groups is 1. The van der Waals surface area contributed by atoms with E-state index in [1.807, 2.05) is 11.0 Å². The first kappa shape index (κ1) is 17.6. The lowest BCUT2D eigenvalue weighted by molar-refractivity contribution is -0.134. The summed E-state index contributed by atoms with van der Waals surface area (Å²) in [5.41, 5.74) is 1.06. The Hall–Kier alpha value is -0.780. The lowest BCUT2D eigenvalue weighted by atomic mass is 9.90. The Bertz CT molecular complexity index is 503. The molecule has 0 aromatic heterocycles. The van der Waals surface area contributed by atoms with Crippen molar-refractivity contribution in [1.82, 2.24) is 10.2 Å². The van der Waals surface area contributed by atoms with Crippen molar-refractivity contribution in [3.63, 3.8) is 0 Å². The van der Waals surface area contributed by atoms with Gasteiger partial charge in [0.25, 0.3) is 0 Å². The van der Waals surface area contributed by atoms with Crippen molar-refractivity contribution in [3.05, 3.63) is 35.6 Å². The maximum absolute atomic E-state index is 13.2. The van der Waals surface area contributed by atoms with Crippen LogP contribution in [0.4, 0.5) is 4.39 Å². The van der Waals surface area contributed by atoms with Crippen LogP contribution in [0.25, 0.3) is 0 Å². The lowest BCUT2D eigenvalue weighted by Crippen LogP contribution is -2.48. The fourth-order valence-electron chi connectivity index (χ4n) is 3.13. The van der Waals surface area contributed by atoms with Gasteiger partial charge >= 0.3 is 0 Å². The normalized spacial score (nSPS) is 22.4. The molecule has 0 bridgehead atoms. The zero-order chi connectivity index (χ0) is 14.7. The first-order valence-corrected chi connectivity index (χ1v) is 8.72. The minimum absolute atomic E-state index is 0. The summed E-state index contributed by atoms with van der Waals surface area (Å²) < 4.78 is 13.2. The van der Waals surface area contributed by atoms with Crippen LogP contribution in [0.5, 0.6) is 0 Å². The van der Waals surface area contributed by atoms with Crippen LogP contribution in [-0.2, 0) is 11.2 Å². The number of piperidine rings is 1. The van der Waals surface area contributed by atoms with E-state index in [1.54, 1.807) is 23.9 Å². The molecule has 2 fully saturated rings. The van der Waals surface area contributed by atoms with Crippen molar-refractivity contribution in [2.45, 2.75) is 25.3 Å². The van der Waals surface area contributed by atoms with Crippen molar-refractivity contribution in [2.24, 2.45) is 5.92 Å². The van der Waals surface area contributed by atoms with Gasteiger partial charge in [-0.2, -0.15) is 0 Å². The monoisotopic (exact) mass is 344 g/mol. The minimum atomic E-state index is -0.162. The average Bonchev–Trinajstić information content (AvgIpc) is 3.01. The SMILES string of the molecule is Cl.O=C(C1CSCN1)N1CCC(Cc2cccc(F)c2)CC1. The molecule has 2 saturated heterocycles. The molecule has 2 heterocycles. The highest BCUT2D eigenvalue weighted by molar-refractivity contribution is 7.99. The molecule has 3 rings (SSSR count). The van der Waals surface area contributed by atoms with Gasteiger partial charge in [-0.25, -0.2) is 4.39 Å². The molecule has 0 saturated carbocycles. The summed E-state index contributed by atoms with van der Waals surface area (Å²) in [6.45, 7) is 1.67. The van der Waals surface area contributed by atoms with E-state index in [2.05, 4.69) is 5.32 Å². The predicted molar refractivity (Wildman–Crippen MR) is 90.9 cm³/mol. The largest absolute Gasteiger partial charge is 0.341 e. The summed E-state index contributed by atoms with van der Waals surface area (Å²) in [5.74, 6) is 2.42. The van der Waals surface area contributed by atoms with Crippen molar-refractivity contribution < 1.29 is 9.18 Å². The molecule has 1 unspecified atom stereocenters. The second-order valence-electron chi connectivity index (χ2n) is 5.87. The molecule has 3 nitrogen and oxygen atoms in total. The second kappa shape index (κ2) is 8.18. The molecule has 0 spiro atoms. The molecule has 6 heteroatoms. The van der Waals surface area contributed by atoms with Crippen molar-refractivity contribution in [2.75, 3.05) is 24.7 Å². The predicted octanol–water partition coefficient (Wildman–Crippen LogP) is 2.69. The summed E-state index contributed by atoms with van der Waals surface area (Å²) in [7, 11) is 0.